The van der Waals surface area contributed by atoms with Crippen LogP contribution in [0.25, 0.3) is 0 Å². The molecule has 0 fully saturated rings. The third kappa shape index (κ3) is 6.00. The van der Waals surface area contributed by atoms with E-state index >= 15 is 0 Å². The number of ether oxygens (including phenoxy) is 3. The predicted molar refractivity (Wildman–Crippen MR) is 97.3 cm³/mol. The van der Waals surface area contributed by atoms with E-state index in [9.17, 15) is 0 Å². The first kappa shape index (κ1) is 18.5. The fraction of sp³-hybridized carbons (Fsp3) is 0.263. The molecule has 0 aliphatic carbocycles. The van der Waals surface area contributed by atoms with Gasteiger partial charge in [0.05, 0.1) is 26.9 Å². The van der Waals surface area contributed by atoms with Gasteiger partial charge in [0, 0.05) is 4.47 Å². The molecule has 0 spiro atoms. The zero-order valence-corrected chi connectivity index (χ0v) is 15.2. The van der Waals surface area contributed by atoms with Crippen LogP contribution >= 0.6 is 15.9 Å². The van der Waals surface area contributed by atoms with E-state index < -0.39 is 0 Å². The van der Waals surface area contributed by atoms with Crippen LogP contribution in [0, 0.1) is 0 Å². The molecule has 5 heteroatoms. The number of hydrogen-bond acceptors (Lipinski definition) is 4. The van der Waals surface area contributed by atoms with Crippen molar-refractivity contribution >= 4 is 15.9 Å². The van der Waals surface area contributed by atoms with Gasteiger partial charge < -0.3 is 19.3 Å². The Morgan fingerprint density at radius 3 is 2.46 bits per heavy atom. The Labute approximate surface area is 150 Å². The first-order chi connectivity index (χ1) is 11.7. The third-order valence-corrected chi connectivity index (χ3v) is 4.10. The normalized spacial score (nSPS) is 11.0. The van der Waals surface area contributed by atoms with Gasteiger partial charge in [0.1, 0.15) is 18.1 Å². The second-order valence-corrected chi connectivity index (χ2v) is 5.91. The quantitative estimate of drug-likeness (QED) is 0.515. The average molecular weight is 393 g/mol. The number of hydrogen-bond donors (Lipinski definition) is 1. The van der Waals surface area contributed by atoms with Crippen molar-refractivity contribution in [2.45, 2.75) is 13.2 Å². The zero-order chi connectivity index (χ0) is 17.2. The van der Waals surface area contributed by atoms with Crippen LogP contribution in [0.2, 0.25) is 0 Å². The number of aliphatic hydroxyl groups excluding tert-OH is 1. The van der Waals surface area contributed by atoms with E-state index in [0.717, 1.165) is 27.1 Å². The summed E-state index contributed by atoms with van der Waals surface area (Å²) in [5, 5.41) is 8.67. The van der Waals surface area contributed by atoms with E-state index in [0.29, 0.717) is 19.8 Å². The van der Waals surface area contributed by atoms with E-state index in [-0.39, 0.29) is 6.61 Å². The van der Waals surface area contributed by atoms with Crippen LogP contribution < -0.4 is 9.47 Å². The van der Waals surface area contributed by atoms with Crippen LogP contribution in [0.1, 0.15) is 11.1 Å². The maximum atomic E-state index is 8.67. The fourth-order valence-corrected chi connectivity index (χ4v) is 2.38. The van der Waals surface area contributed by atoms with Crippen molar-refractivity contribution in [1.29, 1.82) is 0 Å². The minimum atomic E-state index is 0.0295. The van der Waals surface area contributed by atoms with E-state index in [4.69, 9.17) is 19.3 Å². The molecule has 0 saturated carbocycles. The topological polar surface area (TPSA) is 47.9 Å². The zero-order valence-electron chi connectivity index (χ0n) is 13.6. The molecular formula is C19H21BrO4. The van der Waals surface area contributed by atoms with Gasteiger partial charge in [-0.25, -0.2) is 0 Å². The van der Waals surface area contributed by atoms with Crippen LogP contribution in [0.3, 0.4) is 0 Å². The lowest BCUT2D eigenvalue weighted by atomic mass is 10.2. The van der Waals surface area contributed by atoms with Crippen molar-refractivity contribution < 1.29 is 19.3 Å². The fourth-order valence-electron chi connectivity index (χ4n) is 2.02. The van der Waals surface area contributed by atoms with Gasteiger partial charge in [-0.3, -0.25) is 0 Å². The van der Waals surface area contributed by atoms with Gasteiger partial charge in [-0.1, -0.05) is 40.2 Å². The van der Waals surface area contributed by atoms with Crippen LogP contribution in [0.4, 0.5) is 0 Å². The molecule has 4 nitrogen and oxygen atoms in total. The predicted octanol–water partition coefficient (Wildman–Crippen LogP) is 4.10. The molecule has 1 N–H and O–H groups in total. The highest BCUT2D eigenvalue weighted by molar-refractivity contribution is 9.10. The Hall–Kier alpha value is -1.82. The first-order valence-electron chi connectivity index (χ1n) is 7.60. The molecule has 128 valence electrons. The molecule has 24 heavy (non-hydrogen) atoms. The van der Waals surface area contributed by atoms with E-state index in [2.05, 4.69) is 15.9 Å². The highest BCUT2D eigenvalue weighted by Crippen LogP contribution is 2.24. The summed E-state index contributed by atoms with van der Waals surface area (Å²) in [5.41, 5.74) is 2.09. The lowest BCUT2D eigenvalue weighted by Gasteiger charge is -2.10. The summed E-state index contributed by atoms with van der Waals surface area (Å²) in [4.78, 5) is 0. The monoisotopic (exact) mass is 392 g/mol. The Balaban J connectivity index is 1.90. The van der Waals surface area contributed by atoms with Crippen LogP contribution in [-0.4, -0.2) is 25.4 Å². The number of methoxy groups -OCH3 is 1. The number of halogens is 1. The SMILES string of the molecule is COc1ccc(COc2ccc(Br)c(COCC=CCO)c2)cc1. The molecule has 0 unspecified atom stereocenters. The molecule has 2 aromatic carbocycles. The first-order valence-corrected chi connectivity index (χ1v) is 8.40. The van der Waals surface area contributed by atoms with Gasteiger partial charge in [0.15, 0.2) is 0 Å². The molecule has 0 bridgehead atoms. The maximum Gasteiger partial charge on any atom is 0.120 e. The van der Waals surface area contributed by atoms with Gasteiger partial charge in [-0.05, 0) is 41.5 Å². The third-order valence-electron chi connectivity index (χ3n) is 3.33. The molecule has 0 saturated heterocycles. The standard InChI is InChI=1S/C19H21BrO4/c1-22-17-6-4-15(5-7-17)13-24-18-8-9-19(20)16(12-18)14-23-11-3-2-10-21/h2-9,12,21H,10-11,13-14H2,1H3. The van der Waals surface area contributed by atoms with Gasteiger partial charge in [-0.2, -0.15) is 0 Å². The summed E-state index contributed by atoms with van der Waals surface area (Å²) in [6.45, 7) is 1.45. The van der Waals surface area contributed by atoms with Crippen molar-refractivity contribution in [3.63, 3.8) is 0 Å². The number of aliphatic hydroxyl groups is 1. The van der Waals surface area contributed by atoms with Crippen LogP contribution in [-0.2, 0) is 18.0 Å². The highest BCUT2D eigenvalue weighted by atomic mass is 79.9. The van der Waals surface area contributed by atoms with E-state index in [1.165, 1.54) is 0 Å². The Kier molecular flexibility index (Phi) is 7.82. The van der Waals surface area contributed by atoms with Crippen molar-refractivity contribution in [2.24, 2.45) is 0 Å². The van der Waals surface area contributed by atoms with Gasteiger partial charge in [-0.15, -0.1) is 0 Å². The summed E-state index contributed by atoms with van der Waals surface area (Å²) >= 11 is 3.52. The number of benzene rings is 2. The second-order valence-electron chi connectivity index (χ2n) is 5.06. The summed E-state index contributed by atoms with van der Waals surface area (Å²) in [6, 6.07) is 13.6. The summed E-state index contributed by atoms with van der Waals surface area (Å²) in [5.74, 6) is 1.62. The molecule has 0 aliphatic heterocycles. The van der Waals surface area contributed by atoms with Crippen LogP contribution in [0.5, 0.6) is 11.5 Å². The van der Waals surface area contributed by atoms with Crippen LogP contribution in [0.15, 0.2) is 59.1 Å². The van der Waals surface area contributed by atoms with Crippen molar-refractivity contribution in [3.8, 4) is 11.5 Å². The Bertz CT molecular complexity index is 653. The largest absolute Gasteiger partial charge is 0.497 e. The van der Waals surface area contributed by atoms with Crippen molar-refractivity contribution in [2.75, 3.05) is 20.3 Å². The van der Waals surface area contributed by atoms with Gasteiger partial charge in [0.2, 0.25) is 0 Å². The molecule has 0 heterocycles. The van der Waals surface area contributed by atoms with Crippen molar-refractivity contribution in [1.82, 2.24) is 0 Å². The lowest BCUT2D eigenvalue weighted by Crippen LogP contribution is -1.98. The molecule has 0 amide bonds. The molecule has 2 aromatic rings. The lowest BCUT2D eigenvalue weighted by molar-refractivity contribution is 0.147. The van der Waals surface area contributed by atoms with E-state index in [1.807, 2.05) is 42.5 Å². The summed E-state index contributed by atoms with van der Waals surface area (Å²) in [6.07, 6.45) is 3.45. The Morgan fingerprint density at radius 2 is 1.75 bits per heavy atom. The average Bonchev–Trinajstić information content (AvgIpc) is 2.62. The summed E-state index contributed by atoms with van der Waals surface area (Å²) in [7, 11) is 1.65. The highest BCUT2D eigenvalue weighted by Gasteiger charge is 2.04. The maximum absolute atomic E-state index is 8.67. The second kappa shape index (κ2) is 10.1. The number of rotatable bonds is 9. The smallest absolute Gasteiger partial charge is 0.120 e. The van der Waals surface area contributed by atoms with Gasteiger partial charge >= 0.3 is 0 Å². The van der Waals surface area contributed by atoms with Crippen molar-refractivity contribution in [3.05, 3.63) is 70.2 Å². The summed E-state index contributed by atoms with van der Waals surface area (Å²) < 4.78 is 17.5. The van der Waals surface area contributed by atoms with Gasteiger partial charge in [0.25, 0.3) is 0 Å². The molecule has 0 radical (unpaired) electrons. The molecule has 0 atom stereocenters. The minimum Gasteiger partial charge on any atom is -0.497 e. The minimum absolute atomic E-state index is 0.0295. The molecule has 0 aromatic heterocycles. The molecule has 2 rings (SSSR count). The van der Waals surface area contributed by atoms with E-state index in [1.54, 1.807) is 19.3 Å². The Morgan fingerprint density at radius 1 is 1.00 bits per heavy atom. The molecule has 0 aliphatic rings. The molecular weight excluding hydrogens is 372 g/mol.